The van der Waals surface area contributed by atoms with Crippen LogP contribution >= 0.6 is 11.6 Å². The van der Waals surface area contributed by atoms with E-state index in [1.807, 2.05) is 0 Å². The minimum Gasteiger partial charge on any atom is -0.322 e. The lowest BCUT2D eigenvalue weighted by Crippen LogP contribution is -2.29. The Balaban J connectivity index is 3.44. The van der Waals surface area contributed by atoms with Gasteiger partial charge in [0, 0.05) is 5.54 Å². The van der Waals surface area contributed by atoms with Gasteiger partial charge in [-0.2, -0.15) is 0 Å². The molecule has 2 N–H and O–H groups in total. The van der Waals surface area contributed by atoms with E-state index in [1.54, 1.807) is 26.0 Å². The molecule has 0 radical (unpaired) electrons. The van der Waals surface area contributed by atoms with E-state index >= 15 is 0 Å². The lowest BCUT2D eigenvalue weighted by atomic mass is 9.94. The van der Waals surface area contributed by atoms with Gasteiger partial charge in [-0.1, -0.05) is 23.7 Å². The summed E-state index contributed by atoms with van der Waals surface area (Å²) in [7, 11) is 0. The van der Waals surface area contributed by atoms with Crippen LogP contribution in [0.5, 0.6) is 0 Å². The highest BCUT2D eigenvalue weighted by atomic mass is 35.5. The molecule has 0 spiro atoms. The lowest BCUT2D eigenvalue weighted by molar-refractivity contribution is -0.385. The fraction of sp³-hybridized carbons (Fsp3) is 0.333. The minimum absolute atomic E-state index is 0.110. The molecule has 0 aliphatic carbocycles. The van der Waals surface area contributed by atoms with E-state index < -0.39 is 10.5 Å². The van der Waals surface area contributed by atoms with E-state index in [4.69, 9.17) is 17.3 Å². The van der Waals surface area contributed by atoms with Gasteiger partial charge in [0.15, 0.2) is 0 Å². The second-order valence-electron chi connectivity index (χ2n) is 3.61. The van der Waals surface area contributed by atoms with Crippen LogP contribution < -0.4 is 5.73 Å². The molecule has 0 aliphatic rings. The average molecular weight is 215 g/mol. The molecule has 76 valence electrons. The molecule has 5 heteroatoms. The highest BCUT2D eigenvalue weighted by molar-refractivity contribution is 6.32. The SMILES string of the molecule is CC(C)(N)c1cccc(Cl)c1[N+](=O)[O-]. The largest absolute Gasteiger partial charge is 0.322 e. The first kappa shape index (κ1) is 10.9. The highest BCUT2D eigenvalue weighted by Gasteiger charge is 2.27. The van der Waals surface area contributed by atoms with Gasteiger partial charge in [0.2, 0.25) is 0 Å². The highest BCUT2D eigenvalue weighted by Crippen LogP contribution is 2.33. The maximum absolute atomic E-state index is 10.8. The zero-order valence-corrected chi connectivity index (χ0v) is 8.71. The number of nitro groups is 1. The fourth-order valence-corrected chi connectivity index (χ4v) is 1.46. The molecule has 4 nitrogen and oxygen atoms in total. The number of rotatable bonds is 2. The number of benzene rings is 1. The second-order valence-corrected chi connectivity index (χ2v) is 4.02. The van der Waals surface area contributed by atoms with Crippen molar-refractivity contribution in [2.45, 2.75) is 19.4 Å². The van der Waals surface area contributed by atoms with Gasteiger partial charge in [0.1, 0.15) is 5.02 Å². The topological polar surface area (TPSA) is 69.2 Å². The van der Waals surface area contributed by atoms with Crippen LogP contribution in [0.2, 0.25) is 5.02 Å². The monoisotopic (exact) mass is 214 g/mol. The first-order valence-corrected chi connectivity index (χ1v) is 4.44. The Kier molecular flexibility index (Phi) is 2.78. The number of nitrogens with zero attached hydrogens (tertiary/aromatic N) is 1. The van der Waals surface area contributed by atoms with Gasteiger partial charge >= 0.3 is 0 Å². The third-order valence-corrected chi connectivity index (χ3v) is 2.17. The van der Waals surface area contributed by atoms with Gasteiger partial charge in [0.25, 0.3) is 5.69 Å². The van der Waals surface area contributed by atoms with Crippen molar-refractivity contribution < 1.29 is 4.92 Å². The third-order valence-electron chi connectivity index (χ3n) is 1.86. The van der Waals surface area contributed by atoms with E-state index in [-0.39, 0.29) is 10.7 Å². The Morgan fingerprint density at radius 2 is 2.07 bits per heavy atom. The summed E-state index contributed by atoms with van der Waals surface area (Å²) >= 11 is 5.73. The number of hydrogen-bond donors (Lipinski definition) is 1. The van der Waals surface area contributed by atoms with Crippen LogP contribution in [0.1, 0.15) is 19.4 Å². The molecule has 0 saturated carbocycles. The Hall–Kier alpha value is -1.13. The summed E-state index contributed by atoms with van der Waals surface area (Å²) in [6, 6.07) is 4.75. The molecule has 14 heavy (non-hydrogen) atoms. The molecule has 1 aromatic rings. The standard InChI is InChI=1S/C9H11ClN2O2/c1-9(2,11)6-4-3-5-7(10)8(6)12(13)14/h3-5H,11H2,1-2H3. The first-order chi connectivity index (χ1) is 6.34. The summed E-state index contributed by atoms with van der Waals surface area (Å²) < 4.78 is 0. The molecular formula is C9H11ClN2O2. The number of nitro benzene ring substituents is 1. The van der Waals surface area contributed by atoms with Crippen molar-refractivity contribution in [2.75, 3.05) is 0 Å². The van der Waals surface area contributed by atoms with Gasteiger partial charge in [0.05, 0.1) is 10.5 Å². The van der Waals surface area contributed by atoms with E-state index in [9.17, 15) is 10.1 Å². The Morgan fingerprint density at radius 3 is 2.43 bits per heavy atom. The third kappa shape index (κ3) is 2.02. The Morgan fingerprint density at radius 1 is 1.50 bits per heavy atom. The fourth-order valence-electron chi connectivity index (χ4n) is 1.22. The van der Waals surface area contributed by atoms with E-state index in [1.165, 1.54) is 6.07 Å². The molecule has 0 aliphatic heterocycles. The average Bonchev–Trinajstić information content (AvgIpc) is 2.01. The van der Waals surface area contributed by atoms with Crippen LogP contribution in [-0.2, 0) is 5.54 Å². The summed E-state index contributed by atoms with van der Waals surface area (Å²) in [6.07, 6.45) is 0. The Bertz CT molecular complexity index is 372. The number of hydrogen-bond acceptors (Lipinski definition) is 3. The molecule has 0 heterocycles. The van der Waals surface area contributed by atoms with Crippen LogP contribution in [-0.4, -0.2) is 4.92 Å². The zero-order chi connectivity index (χ0) is 10.9. The number of para-hydroxylation sites is 1. The second kappa shape index (κ2) is 3.55. The van der Waals surface area contributed by atoms with Crippen molar-refractivity contribution in [1.29, 1.82) is 0 Å². The summed E-state index contributed by atoms with van der Waals surface area (Å²) in [4.78, 5) is 10.2. The minimum atomic E-state index is -0.771. The van der Waals surface area contributed by atoms with E-state index in [0.717, 1.165) is 0 Å². The quantitative estimate of drug-likeness (QED) is 0.607. The van der Waals surface area contributed by atoms with Crippen molar-refractivity contribution >= 4 is 17.3 Å². The molecule has 0 aromatic heterocycles. The normalized spacial score (nSPS) is 11.4. The molecule has 0 amide bonds. The van der Waals surface area contributed by atoms with Crippen LogP contribution in [0, 0.1) is 10.1 Å². The Labute approximate surface area is 86.8 Å². The van der Waals surface area contributed by atoms with Crippen LogP contribution in [0.15, 0.2) is 18.2 Å². The molecule has 1 rings (SSSR count). The molecule has 1 aromatic carbocycles. The van der Waals surface area contributed by atoms with Gasteiger partial charge < -0.3 is 5.73 Å². The molecule has 0 unspecified atom stereocenters. The zero-order valence-electron chi connectivity index (χ0n) is 7.95. The van der Waals surface area contributed by atoms with E-state index in [2.05, 4.69) is 0 Å². The van der Waals surface area contributed by atoms with Crippen molar-refractivity contribution in [3.8, 4) is 0 Å². The van der Waals surface area contributed by atoms with Crippen molar-refractivity contribution in [3.05, 3.63) is 38.9 Å². The predicted molar refractivity (Wildman–Crippen MR) is 55.3 cm³/mol. The predicted octanol–water partition coefficient (Wildman–Crippen LogP) is 2.44. The molecule has 0 atom stereocenters. The molecular weight excluding hydrogens is 204 g/mol. The molecule has 0 fully saturated rings. The van der Waals surface area contributed by atoms with Crippen molar-refractivity contribution in [2.24, 2.45) is 5.73 Å². The summed E-state index contributed by atoms with van der Waals surface area (Å²) in [6.45, 7) is 3.40. The van der Waals surface area contributed by atoms with Gasteiger partial charge in [-0.3, -0.25) is 10.1 Å². The van der Waals surface area contributed by atoms with Crippen LogP contribution in [0.3, 0.4) is 0 Å². The number of halogens is 1. The van der Waals surface area contributed by atoms with Gasteiger partial charge in [-0.25, -0.2) is 0 Å². The van der Waals surface area contributed by atoms with Crippen LogP contribution in [0.4, 0.5) is 5.69 Å². The maximum atomic E-state index is 10.8. The first-order valence-electron chi connectivity index (χ1n) is 4.06. The maximum Gasteiger partial charge on any atom is 0.292 e. The summed E-state index contributed by atoms with van der Waals surface area (Å²) in [5.41, 5.74) is 5.36. The summed E-state index contributed by atoms with van der Waals surface area (Å²) in [5.74, 6) is 0. The lowest BCUT2D eigenvalue weighted by Gasteiger charge is -2.19. The molecule has 0 saturated heterocycles. The van der Waals surface area contributed by atoms with Gasteiger partial charge in [-0.05, 0) is 19.9 Å². The van der Waals surface area contributed by atoms with Crippen molar-refractivity contribution in [3.63, 3.8) is 0 Å². The smallest absolute Gasteiger partial charge is 0.292 e. The summed E-state index contributed by atoms with van der Waals surface area (Å²) in [5, 5.41) is 10.9. The molecule has 0 bridgehead atoms. The number of nitrogens with two attached hydrogens (primary N) is 1. The van der Waals surface area contributed by atoms with Crippen LogP contribution in [0.25, 0.3) is 0 Å². The van der Waals surface area contributed by atoms with Crippen molar-refractivity contribution in [1.82, 2.24) is 0 Å². The van der Waals surface area contributed by atoms with E-state index in [0.29, 0.717) is 5.56 Å². The van der Waals surface area contributed by atoms with Gasteiger partial charge in [-0.15, -0.1) is 0 Å².